The van der Waals surface area contributed by atoms with Crippen molar-refractivity contribution in [1.29, 1.82) is 0 Å². The van der Waals surface area contributed by atoms with Crippen LogP contribution < -0.4 is 14.6 Å². The van der Waals surface area contributed by atoms with Gasteiger partial charge in [-0.1, -0.05) is 102 Å². The second-order valence-corrected chi connectivity index (χ2v) is 20.8. The van der Waals surface area contributed by atoms with Crippen LogP contribution in [0.2, 0.25) is 0 Å². The van der Waals surface area contributed by atoms with E-state index in [0.717, 1.165) is 38.9 Å². The van der Waals surface area contributed by atoms with E-state index in [1.807, 2.05) is 60.7 Å². The third-order valence-electron chi connectivity index (χ3n) is 12.9. The minimum absolute atomic E-state index is 0. The van der Waals surface area contributed by atoms with E-state index in [0.29, 0.717) is 59.2 Å². The number of nitrogens with one attached hydrogen (secondary N) is 1. The van der Waals surface area contributed by atoms with Gasteiger partial charge in [-0.25, -0.2) is 27.7 Å². The van der Waals surface area contributed by atoms with E-state index < -0.39 is 46.0 Å². The summed E-state index contributed by atoms with van der Waals surface area (Å²) >= 11 is 0. The van der Waals surface area contributed by atoms with E-state index >= 15 is 0 Å². The largest absolute Gasteiger partial charge is 0.495 e. The number of carboxylic acid groups (broad SMARTS) is 1. The normalized spacial score (nSPS) is 26.3. The van der Waals surface area contributed by atoms with E-state index in [1.54, 1.807) is 11.0 Å². The van der Waals surface area contributed by atoms with E-state index in [9.17, 15) is 27.9 Å². The number of allylic oxidation sites excluding steroid dienone is 1. The van der Waals surface area contributed by atoms with Crippen molar-refractivity contribution in [2.45, 2.75) is 112 Å². The van der Waals surface area contributed by atoms with Crippen LogP contribution in [0.4, 0.5) is 5.82 Å². The summed E-state index contributed by atoms with van der Waals surface area (Å²) in [5.74, 6) is -1.57. The number of aromatic nitrogens is 1. The Hall–Kier alpha value is -5.25. The van der Waals surface area contributed by atoms with Gasteiger partial charge in [0.15, 0.2) is 5.84 Å². The van der Waals surface area contributed by atoms with E-state index in [1.165, 1.54) is 6.92 Å². The van der Waals surface area contributed by atoms with Crippen LogP contribution in [0, 0.1) is 35.5 Å². The molecular formula is C51H64N5O10SZn-. The van der Waals surface area contributed by atoms with Gasteiger partial charge in [-0.2, -0.15) is 4.99 Å². The number of aliphatic hydroxyl groups is 1. The van der Waals surface area contributed by atoms with Crippen molar-refractivity contribution in [2.75, 3.05) is 17.7 Å². The molecule has 2 saturated carbocycles. The molecule has 2 aliphatic heterocycles. The zero-order valence-corrected chi connectivity index (χ0v) is 44.3. The molecule has 1 saturated heterocycles. The summed E-state index contributed by atoms with van der Waals surface area (Å²) in [5, 5.41) is 18.7. The zero-order chi connectivity index (χ0) is 48.9. The Morgan fingerprint density at radius 3 is 1.79 bits per heavy atom. The van der Waals surface area contributed by atoms with Gasteiger partial charge in [-0.15, -0.1) is 0 Å². The molecule has 68 heavy (non-hydrogen) atoms. The van der Waals surface area contributed by atoms with Crippen molar-refractivity contribution >= 4 is 63.0 Å². The molecule has 3 heterocycles. The molecule has 7 rings (SSSR count). The molecule has 1 aromatic heterocycles. The minimum Gasteiger partial charge on any atom is -0.495 e. The first-order valence-electron chi connectivity index (χ1n) is 23.2. The molecule has 2 aliphatic carbocycles. The SMILES string of the molecule is CC(=O)O.CC1CC(C)C(OC(=O)C2=C(c3ccccc3)/C(=C/c3[n-]c(N4CCCC4=O)c(C(=O)OC4C(C)CC(C)CC4C)c3-c3ccccc3)N=C2N=C(O)C(C)NS(C)(=O)=O)C(C)C1.[Zn]. The van der Waals surface area contributed by atoms with Crippen molar-refractivity contribution in [3.8, 4) is 11.1 Å². The fourth-order valence-corrected chi connectivity index (χ4v) is 11.1. The molecule has 3 N–H and O–H groups in total. The number of rotatable bonds is 11. The first-order chi connectivity index (χ1) is 31.6. The standard InChI is InChI=1S/C49H61N5O8S.C2H4O2.Zn/c1-27-22-29(3)43(30(4)23-27)61-48(57)41-39(34-16-11-9-12-17-34)36(50-45(41)52-47(56)33(7)53-63(8,59)60)26-37-40(35-18-13-10-14-19-35)42(46(51-37)54-21-15-20-38(54)55)49(58)62-44-31(5)24-28(2)25-32(44)6;1-2(3)4;/h9-14,16-19,26-33,43-44,53H,15,20-25H2,1-8H3,(H2,50,51,52,56,57,58);1H3,(H,3,4);/p-1. The molecule has 17 heteroatoms. The van der Waals surface area contributed by atoms with E-state index in [2.05, 4.69) is 51.3 Å². The number of carboxylic acids is 1. The van der Waals surface area contributed by atoms with Crippen molar-refractivity contribution < 1.29 is 66.8 Å². The van der Waals surface area contributed by atoms with Gasteiger partial charge in [-0.3, -0.25) is 9.59 Å². The van der Waals surface area contributed by atoms with Crippen LogP contribution in [0.25, 0.3) is 22.8 Å². The van der Waals surface area contributed by atoms with Crippen molar-refractivity contribution in [2.24, 2.45) is 45.5 Å². The van der Waals surface area contributed by atoms with Crippen LogP contribution in [0.3, 0.4) is 0 Å². The second-order valence-electron chi connectivity index (χ2n) is 19.1. The molecular weight excluding hydrogens is 940 g/mol. The first-order valence-corrected chi connectivity index (χ1v) is 25.1. The number of aliphatic carboxylic acids is 1. The molecule has 15 nitrogen and oxygen atoms in total. The van der Waals surface area contributed by atoms with Gasteiger partial charge in [0.2, 0.25) is 15.9 Å². The maximum absolute atomic E-state index is 14.8. The molecule has 5 unspecified atom stereocenters. The fourth-order valence-electron chi connectivity index (χ4n) is 10.4. The number of sulfonamides is 1. The Balaban J connectivity index is 0.00000166. The van der Waals surface area contributed by atoms with Gasteiger partial charge in [-0.05, 0) is 115 Å². The van der Waals surface area contributed by atoms with Gasteiger partial charge in [0.05, 0.1) is 23.6 Å². The number of aliphatic imine (C=N–C) groups is 2. The number of amidine groups is 1. The maximum atomic E-state index is 14.8. The summed E-state index contributed by atoms with van der Waals surface area (Å²) < 4.78 is 39.5. The number of anilines is 1. The van der Waals surface area contributed by atoms with Crippen molar-refractivity contribution in [3.05, 3.63) is 88.8 Å². The number of ether oxygens (including phenoxy) is 2. The second kappa shape index (κ2) is 22.9. The Labute approximate surface area is 412 Å². The summed E-state index contributed by atoms with van der Waals surface area (Å²) in [5.41, 5.74) is 2.66. The average molecular weight is 1000 g/mol. The predicted molar refractivity (Wildman–Crippen MR) is 259 cm³/mol. The molecule has 0 radical (unpaired) electrons. The number of amides is 1. The molecule has 4 aliphatic rings. The summed E-state index contributed by atoms with van der Waals surface area (Å²) in [6.45, 7) is 15.6. The van der Waals surface area contributed by atoms with Crippen LogP contribution in [-0.2, 0) is 53.4 Å². The van der Waals surface area contributed by atoms with Gasteiger partial charge in [0.25, 0.3) is 5.97 Å². The average Bonchev–Trinajstić information content (AvgIpc) is 3.94. The van der Waals surface area contributed by atoms with Gasteiger partial charge in [0, 0.05) is 38.4 Å². The van der Waals surface area contributed by atoms with Crippen LogP contribution in [0.15, 0.2) is 81.9 Å². The quantitative estimate of drug-likeness (QED) is 0.0717. The smallest absolute Gasteiger partial charge is 0.343 e. The number of benzene rings is 2. The number of nitrogens with zero attached hydrogens (tertiary/aromatic N) is 4. The van der Waals surface area contributed by atoms with E-state index in [-0.39, 0.29) is 83.6 Å². The Kier molecular flexibility index (Phi) is 18.1. The van der Waals surface area contributed by atoms with Crippen molar-refractivity contribution in [1.82, 2.24) is 9.71 Å². The summed E-state index contributed by atoms with van der Waals surface area (Å²) in [6.07, 6.45) is 6.36. The molecule has 3 aromatic rings. The summed E-state index contributed by atoms with van der Waals surface area (Å²) in [6, 6.07) is 17.3. The van der Waals surface area contributed by atoms with Crippen molar-refractivity contribution in [3.63, 3.8) is 0 Å². The number of hydrogen-bond donors (Lipinski definition) is 3. The third kappa shape index (κ3) is 12.9. The Morgan fingerprint density at radius 2 is 1.32 bits per heavy atom. The predicted octanol–water partition coefficient (Wildman–Crippen LogP) is 8.47. The molecule has 3 fully saturated rings. The van der Waals surface area contributed by atoms with E-state index in [4.69, 9.17) is 29.4 Å². The number of carbonyl (C=O) groups excluding carboxylic acids is 3. The number of carbonyl (C=O) groups is 4. The third-order valence-corrected chi connectivity index (χ3v) is 13.7. The number of aliphatic hydroxyl groups excluding tert-OH is 1. The van der Waals surface area contributed by atoms with Crippen LogP contribution >= 0.6 is 0 Å². The number of esters is 2. The van der Waals surface area contributed by atoms with Gasteiger partial charge >= 0.3 is 11.9 Å². The molecule has 362 valence electrons. The van der Waals surface area contributed by atoms with Crippen LogP contribution in [-0.4, -0.2) is 85.2 Å². The molecule has 0 bridgehead atoms. The molecule has 5 atom stereocenters. The summed E-state index contributed by atoms with van der Waals surface area (Å²) in [4.78, 5) is 68.1. The molecule has 1 amide bonds. The van der Waals surface area contributed by atoms with Crippen LogP contribution in [0.1, 0.15) is 116 Å². The monoisotopic (exact) mass is 1000 g/mol. The minimum atomic E-state index is -3.76. The fraction of sp³-hybridized carbons (Fsp3) is 0.490. The van der Waals surface area contributed by atoms with Crippen LogP contribution in [0.5, 0.6) is 0 Å². The Bertz CT molecular complexity index is 2550. The zero-order valence-electron chi connectivity index (χ0n) is 40.6. The molecule has 2 aromatic carbocycles. The maximum Gasteiger partial charge on any atom is 0.343 e. The Morgan fingerprint density at radius 1 is 0.838 bits per heavy atom. The summed E-state index contributed by atoms with van der Waals surface area (Å²) in [7, 11) is -3.76. The van der Waals surface area contributed by atoms with Gasteiger partial charge in [0.1, 0.15) is 23.7 Å². The topological polar surface area (TPSA) is 215 Å². The van der Waals surface area contributed by atoms with Gasteiger partial charge < -0.3 is 29.6 Å². The first kappa shape index (κ1) is 53.7. The number of hydrogen-bond acceptors (Lipinski definition) is 10. The molecule has 0 spiro atoms.